The number of rotatable bonds is 4. The maximum absolute atomic E-state index is 13.0. The number of carbonyl (C=O) groups is 2. The molecule has 26 heavy (non-hydrogen) atoms. The number of pyridine rings is 1. The molecule has 0 saturated carbocycles. The van der Waals surface area contributed by atoms with E-state index >= 15 is 0 Å². The van der Waals surface area contributed by atoms with Crippen molar-refractivity contribution < 1.29 is 18.4 Å². The van der Waals surface area contributed by atoms with Gasteiger partial charge >= 0.3 is 0 Å². The minimum absolute atomic E-state index is 0.0445. The van der Waals surface area contributed by atoms with Crippen molar-refractivity contribution in [2.75, 3.05) is 5.32 Å². The van der Waals surface area contributed by atoms with Crippen LogP contribution in [0.4, 0.5) is 14.5 Å². The number of alkyl halides is 2. The number of aryl methyl sites for hydroxylation is 3. The van der Waals surface area contributed by atoms with Crippen molar-refractivity contribution in [3.63, 3.8) is 0 Å². The van der Waals surface area contributed by atoms with Gasteiger partial charge in [-0.05, 0) is 31.5 Å². The Labute approximate surface area is 150 Å². The maximum atomic E-state index is 13.0. The molecule has 0 spiro atoms. The van der Waals surface area contributed by atoms with Gasteiger partial charge in [-0.1, -0.05) is 0 Å². The summed E-state index contributed by atoms with van der Waals surface area (Å²) in [5.41, 5.74) is 6.56. The summed E-state index contributed by atoms with van der Waals surface area (Å²) in [6.45, 7) is 3.40. The molecule has 0 unspecified atom stereocenters. The summed E-state index contributed by atoms with van der Waals surface area (Å²) < 4.78 is 27.5. The van der Waals surface area contributed by atoms with E-state index in [1.54, 1.807) is 27.0 Å². The van der Waals surface area contributed by atoms with Crippen molar-refractivity contribution in [1.29, 1.82) is 0 Å². The molecule has 3 aromatic heterocycles. The summed E-state index contributed by atoms with van der Waals surface area (Å²) in [7, 11) is 1.70. The fourth-order valence-corrected chi connectivity index (χ4v) is 3.63. The second-order valence-corrected chi connectivity index (χ2v) is 6.76. The van der Waals surface area contributed by atoms with Crippen LogP contribution in [-0.2, 0) is 7.05 Å². The average molecular weight is 379 g/mol. The molecule has 0 radical (unpaired) electrons. The summed E-state index contributed by atoms with van der Waals surface area (Å²) in [6.07, 6.45) is -2.74. The molecule has 0 bridgehead atoms. The van der Waals surface area contributed by atoms with Crippen molar-refractivity contribution in [1.82, 2.24) is 14.8 Å². The molecule has 2 amide bonds. The molecule has 0 aliphatic heterocycles. The third-order valence-electron chi connectivity index (χ3n) is 3.91. The van der Waals surface area contributed by atoms with E-state index in [1.165, 1.54) is 10.7 Å². The van der Waals surface area contributed by atoms with Gasteiger partial charge in [-0.3, -0.25) is 14.3 Å². The second kappa shape index (κ2) is 6.45. The lowest BCUT2D eigenvalue weighted by Gasteiger charge is -2.07. The lowest BCUT2D eigenvalue weighted by molar-refractivity contribution is 0.100. The van der Waals surface area contributed by atoms with Crippen molar-refractivity contribution in [2.24, 2.45) is 12.8 Å². The third-order valence-corrected chi connectivity index (χ3v) is 5.01. The zero-order chi connectivity index (χ0) is 19.2. The summed E-state index contributed by atoms with van der Waals surface area (Å²) in [4.78, 5) is 28.4. The van der Waals surface area contributed by atoms with Crippen LogP contribution in [0.2, 0.25) is 0 Å². The van der Waals surface area contributed by atoms with Crippen LogP contribution < -0.4 is 11.1 Å². The van der Waals surface area contributed by atoms with Crippen LogP contribution in [0.1, 0.15) is 43.5 Å². The predicted molar refractivity (Wildman–Crippen MR) is 93.7 cm³/mol. The average Bonchev–Trinajstić information content (AvgIpc) is 3.08. The van der Waals surface area contributed by atoms with E-state index < -0.39 is 23.9 Å². The van der Waals surface area contributed by atoms with Gasteiger partial charge in [0.25, 0.3) is 18.2 Å². The number of aromatic nitrogens is 3. The lowest BCUT2D eigenvalue weighted by atomic mass is 10.1. The first-order valence-electron chi connectivity index (χ1n) is 7.53. The third kappa shape index (κ3) is 3.03. The molecular formula is C16H15F2N5O2S. The SMILES string of the molecule is Cc1cc(C(F)F)nc2sc(C(N)=O)c(NC(=O)c3cc(C)n(C)n3)c12. The molecular weight excluding hydrogens is 364 g/mol. The molecule has 0 aliphatic rings. The number of thiophene rings is 1. The molecule has 0 atom stereocenters. The van der Waals surface area contributed by atoms with E-state index in [9.17, 15) is 18.4 Å². The van der Waals surface area contributed by atoms with Crippen LogP contribution in [0.5, 0.6) is 0 Å². The molecule has 10 heteroatoms. The molecule has 3 heterocycles. The van der Waals surface area contributed by atoms with E-state index in [0.29, 0.717) is 10.9 Å². The van der Waals surface area contributed by atoms with E-state index in [1.807, 2.05) is 0 Å². The van der Waals surface area contributed by atoms with Crippen molar-refractivity contribution in [3.05, 3.63) is 39.7 Å². The number of halogens is 2. The van der Waals surface area contributed by atoms with Gasteiger partial charge in [-0.15, -0.1) is 11.3 Å². The number of carbonyl (C=O) groups excluding carboxylic acids is 2. The van der Waals surface area contributed by atoms with Crippen LogP contribution in [0.15, 0.2) is 12.1 Å². The monoisotopic (exact) mass is 379 g/mol. The molecule has 7 nitrogen and oxygen atoms in total. The van der Waals surface area contributed by atoms with Crippen molar-refractivity contribution in [2.45, 2.75) is 20.3 Å². The van der Waals surface area contributed by atoms with E-state index in [-0.39, 0.29) is 21.1 Å². The van der Waals surface area contributed by atoms with Gasteiger partial charge in [0.1, 0.15) is 15.4 Å². The minimum Gasteiger partial charge on any atom is -0.365 e. The highest BCUT2D eigenvalue weighted by Crippen LogP contribution is 2.38. The van der Waals surface area contributed by atoms with Crippen LogP contribution in [-0.4, -0.2) is 26.6 Å². The standard InChI is InChI=1S/C16H15F2N5O2S/c1-6-4-8(13(17)18)20-16-10(6)11(12(26-16)14(19)24)21-15(25)9-5-7(2)23(3)22-9/h4-5,13H,1-3H3,(H2,19,24)(H,21,25). The lowest BCUT2D eigenvalue weighted by Crippen LogP contribution is -2.17. The van der Waals surface area contributed by atoms with Crippen molar-refractivity contribution >= 4 is 39.1 Å². The van der Waals surface area contributed by atoms with Gasteiger partial charge in [-0.25, -0.2) is 13.8 Å². The van der Waals surface area contributed by atoms with E-state index in [2.05, 4.69) is 15.4 Å². The zero-order valence-electron chi connectivity index (χ0n) is 14.1. The molecule has 0 fully saturated rings. The predicted octanol–water partition coefficient (Wildman–Crippen LogP) is 2.94. The summed E-state index contributed by atoms with van der Waals surface area (Å²) >= 11 is 0.864. The largest absolute Gasteiger partial charge is 0.365 e. The first-order valence-corrected chi connectivity index (χ1v) is 8.34. The Kier molecular flexibility index (Phi) is 4.45. The van der Waals surface area contributed by atoms with Gasteiger partial charge in [0.05, 0.1) is 5.69 Å². The first kappa shape index (κ1) is 17.9. The Morgan fingerprint density at radius 2 is 2.00 bits per heavy atom. The number of amides is 2. The van der Waals surface area contributed by atoms with Gasteiger partial charge in [-0.2, -0.15) is 5.10 Å². The second-order valence-electron chi connectivity index (χ2n) is 5.76. The van der Waals surface area contributed by atoms with Crippen LogP contribution in [0.25, 0.3) is 10.2 Å². The van der Waals surface area contributed by atoms with Gasteiger partial charge < -0.3 is 11.1 Å². The van der Waals surface area contributed by atoms with E-state index in [4.69, 9.17) is 5.73 Å². The smallest absolute Gasteiger partial charge is 0.280 e. The van der Waals surface area contributed by atoms with E-state index in [0.717, 1.165) is 17.0 Å². The number of hydrogen-bond acceptors (Lipinski definition) is 5. The Bertz CT molecular complexity index is 1020. The fraction of sp³-hybridized carbons (Fsp3) is 0.250. The normalized spacial score (nSPS) is 11.3. The summed E-state index contributed by atoms with van der Waals surface area (Å²) in [5, 5.41) is 7.12. The number of nitrogens with zero attached hydrogens (tertiary/aromatic N) is 3. The highest BCUT2D eigenvalue weighted by molar-refractivity contribution is 7.21. The molecule has 3 N–H and O–H groups in total. The first-order chi connectivity index (χ1) is 12.2. The molecule has 0 saturated heterocycles. The fourth-order valence-electron chi connectivity index (χ4n) is 2.56. The summed E-state index contributed by atoms with van der Waals surface area (Å²) in [5.74, 6) is -1.31. The number of primary amides is 1. The van der Waals surface area contributed by atoms with Gasteiger partial charge in [0.15, 0.2) is 5.69 Å². The molecule has 3 rings (SSSR count). The minimum atomic E-state index is -2.74. The molecule has 3 aromatic rings. The number of hydrogen-bond donors (Lipinski definition) is 2. The quantitative estimate of drug-likeness (QED) is 0.727. The molecule has 136 valence electrons. The molecule has 0 aromatic carbocycles. The highest BCUT2D eigenvalue weighted by atomic mass is 32.1. The molecule has 0 aliphatic carbocycles. The number of nitrogens with one attached hydrogen (secondary N) is 1. The highest BCUT2D eigenvalue weighted by Gasteiger charge is 2.24. The van der Waals surface area contributed by atoms with Gasteiger partial charge in [0.2, 0.25) is 0 Å². The van der Waals surface area contributed by atoms with Crippen LogP contribution in [0.3, 0.4) is 0 Å². The Morgan fingerprint density at radius 1 is 1.31 bits per heavy atom. The zero-order valence-corrected chi connectivity index (χ0v) is 14.9. The maximum Gasteiger partial charge on any atom is 0.280 e. The Morgan fingerprint density at radius 3 is 2.54 bits per heavy atom. The Balaban J connectivity index is 2.12. The van der Waals surface area contributed by atoms with Gasteiger partial charge in [0, 0.05) is 18.1 Å². The van der Waals surface area contributed by atoms with Crippen LogP contribution in [0, 0.1) is 13.8 Å². The number of anilines is 1. The van der Waals surface area contributed by atoms with Crippen LogP contribution >= 0.6 is 11.3 Å². The Hall–Kier alpha value is -2.88. The number of nitrogens with two attached hydrogens (primary N) is 1. The number of fused-ring (bicyclic) bond motifs is 1. The summed E-state index contributed by atoms with van der Waals surface area (Å²) in [6, 6.07) is 2.82. The van der Waals surface area contributed by atoms with Crippen molar-refractivity contribution in [3.8, 4) is 0 Å². The topological polar surface area (TPSA) is 103 Å².